The highest BCUT2D eigenvalue weighted by atomic mass is 127. The molecule has 1 aromatic carbocycles. The summed E-state index contributed by atoms with van der Waals surface area (Å²) >= 11 is 5.85. The molecule has 0 amide bonds. The molecule has 1 unspecified atom stereocenters. The van der Waals surface area contributed by atoms with Crippen molar-refractivity contribution < 1.29 is 9.47 Å². The lowest BCUT2D eigenvalue weighted by Crippen LogP contribution is -2.25. The number of hydrogen-bond donors (Lipinski definition) is 0. The average molecular weight is 411 g/mol. The van der Waals surface area contributed by atoms with E-state index in [1.54, 1.807) is 0 Å². The van der Waals surface area contributed by atoms with Gasteiger partial charge in [-0.3, -0.25) is 0 Å². The van der Waals surface area contributed by atoms with Gasteiger partial charge in [0.15, 0.2) is 0 Å². The maximum atomic E-state index is 6.16. The molecular weight excluding hydrogens is 395 g/mol. The Morgan fingerprint density at radius 1 is 1.29 bits per heavy atom. The molecular formula is C13H16BrIO2. The molecule has 2 nitrogen and oxygen atoms in total. The predicted octanol–water partition coefficient (Wildman–Crippen LogP) is 4.12. The average Bonchev–Trinajstić information content (AvgIpc) is 2.38. The highest BCUT2D eigenvalue weighted by molar-refractivity contribution is 14.1. The fourth-order valence-electron chi connectivity index (χ4n) is 1.93. The summed E-state index contributed by atoms with van der Waals surface area (Å²) in [7, 11) is 0. The minimum absolute atomic E-state index is 0.201. The molecule has 0 aromatic heterocycles. The van der Waals surface area contributed by atoms with Crippen LogP contribution >= 0.6 is 38.5 Å². The van der Waals surface area contributed by atoms with Gasteiger partial charge in [-0.05, 0) is 30.5 Å². The van der Waals surface area contributed by atoms with E-state index in [2.05, 4.69) is 62.8 Å². The van der Waals surface area contributed by atoms with Crippen LogP contribution in [0.5, 0.6) is 0 Å². The predicted molar refractivity (Wildman–Crippen MR) is 80.7 cm³/mol. The van der Waals surface area contributed by atoms with E-state index < -0.39 is 0 Å². The Hall–Kier alpha value is 0.350. The molecule has 0 N–H and O–H groups in total. The lowest BCUT2D eigenvalue weighted by atomic mass is 10.1. The standard InChI is InChI=1S/C13H16BrIO2/c14-11-3-1-10(2-4-11)13(9-15)17-12-5-7-16-8-6-12/h1-4,12-13H,5-9H2. The lowest BCUT2D eigenvalue weighted by Gasteiger charge is -2.27. The van der Waals surface area contributed by atoms with E-state index >= 15 is 0 Å². The number of halogens is 2. The molecule has 1 aliphatic rings. The van der Waals surface area contributed by atoms with Crippen LogP contribution in [0.1, 0.15) is 24.5 Å². The van der Waals surface area contributed by atoms with Gasteiger partial charge in [-0.1, -0.05) is 50.7 Å². The van der Waals surface area contributed by atoms with Crippen LogP contribution in [-0.2, 0) is 9.47 Å². The van der Waals surface area contributed by atoms with Crippen LogP contribution < -0.4 is 0 Å². The highest BCUT2D eigenvalue weighted by Gasteiger charge is 2.20. The van der Waals surface area contributed by atoms with Gasteiger partial charge in [0.05, 0.1) is 12.2 Å². The molecule has 0 spiro atoms. The van der Waals surface area contributed by atoms with Crippen LogP contribution in [0.15, 0.2) is 28.7 Å². The summed E-state index contributed by atoms with van der Waals surface area (Å²) in [5, 5.41) is 0. The smallest absolute Gasteiger partial charge is 0.0918 e. The lowest BCUT2D eigenvalue weighted by molar-refractivity contribution is -0.0611. The molecule has 1 fully saturated rings. The van der Waals surface area contributed by atoms with E-state index in [9.17, 15) is 0 Å². The summed E-state index contributed by atoms with van der Waals surface area (Å²) in [4.78, 5) is 0. The first-order valence-corrected chi connectivity index (χ1v) is 8.16. The minimum Gasteiger partial charge on any atom is -0.381 e. The molecule has 1 aromatic rings. The van der Waals surface area contributed by atoms with E-state index in [0.717, 1.165) is 35.0 Å². The van der Waals surface area contributed by atoms with E-state index in [0.29, 0.717) is 6.10 Å². The normalized spacial score (nSPS) is 19.2. The third-order valence-electron chi connectivity index (χ3n) is 2.91. The van der Waals surface area contributed by atoms with Crippen molar-refractivity contribution in [2.24, 2.45) is 0 Å². The molecule has 1 saturated heterocycles. The largest absolute Gasteiger partial charge is 0.381 e. The van der Waals surface area contributed by atoms with Crippen molar-refractivity contribution >= 4 is 38.5 Å². The second kappa shape index (κ2) is 7.07. The van der Waals surface area contributed by atoms with Gasteiger partial charge in [0.25, 0.3) is 0 Å². The Bertz CT molecular complexity index is 336. The fourth-order valence-corrected chi connectivity index (χ4v) is 2.91. The maximum Gasteiger partial charge on any atom is 0.0918 e. The quantitative estimate of drug-likeness (QED) is 0.549. The van der Waals surface area contributed by atoms with E-state index in [4.69, 9.17) is 9.47 Å². The fraction of sp³-hybridized carbons (Fsp3) is 0.538. The van der Waals surface area contributed by atoms with Crippen LogP contribution in [0.3, 0.4) is 0 Å². The zero-order valence-electron chi connectivity index (χ0n) is 9.57. The van der Waals surface area contributed by atoms with Crippen molar-refractivity contribution in [2.75, 3.05) is 17.6 Å². The molecule has 1 atom stereocenters. The Morgan fingerprint density at radius 3 is 2.53 bits per heavy atom. The van der Waals surface area contributed by atoms with Crippen LogP contribution in [0.4, 0.5) is 0 Å². The SMILES string of the molecule is Brc1ccc(C(CI)OC2CCOCC2)cc1. The van der Waals surface area contributed by atoms with Crippen molar-refractivity contribution in [3.8, 4) is 0 Å². The summed E-state index contributed by atoms with van der Waals surface area (Å²) in [5.41, 5.74) is 1.26. The molecule has 0 aliphatic carbocycles. The van der Waals surface area contributed by atoms with Gasteiger partial charge in [-0.25, -0.2) is 0 Å². The van der Waals surface area contributed by atoms with Crippen molar-refractivity contribution in [3.05, 3.63) is 34.3 Å². The van der Waals surface area contributed by atoms with Gasteiger partial charge in [-0.15, -0.1) is 0 Å². The molecule has 0 radical (unpaired) electrons. The van der Waals surface area contributed by atoms with E-state index in [1.165, 1.54) is 5.56 Å². The van der Waals surface area contributed by atoms with Gasteiger partial charge in [0.1, 0.15) is 0 Å². The topological polar surface area (TPSA) is 18.5 Å². The first-order chi connectivity index (χ1) is 8.29. The second-order valence-corrected chi connectivity index (χ2v) is 5.94. The van der Waals surface area contributed by atoms with Gasteiger partial charge in [-0.2, -0.15) is 0 Å². The molecule has 17 heavy (non-hydrogen) atoms. The van der Waals surface area contributed by atoms with Gasteiger partial charge in [0.2, 0.25) is 0 Å². The Kier molecular flexibility index (Phi) is 5.72. The number of benzene rings is 1. The summed E-state index contributed by atoms with van der Waals surface area (Å²) in [6, 6.07) is 8.41. The minimum atomic E-state index is 0.201. The Labute approximate surface area is 124 Å². The van der Waals surface area contributed by atoms with Gasteiger partial charge >= 0.3 is 0 Å². The van der Waals surface area contributed by atoms with Crippen LogP contribution in [0, 0.1) is 0 Å². The summed E-state index contributed by atoms with van der Waals surface area (Å²) in [5.74, 6) is 0. The van der Waals surface area contributed by atoms with Gasteiger partial charge < -0.3 is 9.47 Å². The molecule has 0 saturated carbocycles. The molecule has 0 bridgehead atoms. The summed E-state index contributed by atoms with van der Waals surface area (Å²) in [6.45, 7) is 1.66. The Morgan fingerprint density at radius 2 is 1.94 bits per heavy atom. The highest BCUT2D eigenvalue weighted by Crippen LogP contribution is 2.26. The van der Waals surface area contributed by atoms with E-state index in [1.807, 2.05) is 0 Å². The zero-order chi connectivity index (χ0) is 12.1. The van der Waals surface area contributed by atoms with Crippen molar-refractivity contribution in [1.29, 1.82) is 0 Å². The molecule has 1 aliphatic heterocycles. The number of alkyl halides is 1. The molecule has 94 valence electrons. The molecule has 2 rings (SSSR count). The van der Waals surface area contributed by atoms with Crippen LogP contribution in [-0.4, -0.2) is 23.7 Å². The molecule has 1 heterocycles. The number of rotatable bonds is 4. The van der Waals surface area contributed by atoms with Crippen LogP contribution in [0.25, 0.3) is 0 Å². The first-order valence-electron chi connectivity index (χ1n) is 5.84. The number of ether oxygens (including phenoxy) is 2. The summed E-state index contributed by atoms with van der Waals surface area (Å²) < 4.78 is 13.6. The van der Waals surface area contributed by atoms with Crippen LogP contribution in [0.2, 0.25) is 0 Å². The Balaban J connectivity index is 1.97. The maximum absolute atomic E-state index is 6.16. The van der Waals surface area contributed by atoms with Gasteiger partial charge in [0, 0.05) is 22.1 Å². The zero-order valence-corrected chi connectivity index (χ0v) is 13.3. The monoisotopic (exact) mass is 410 g/mol. The van der Waals surface area contributed by atoms with Crippen molar-refractivity contribution in [3.63, 3.8) is 0 Å². The number of hydrogen-bond acceptors (Lipinski definition) is 2. The third kappa shape index (κ3) is 4.19. The van der Waals surface area contributed by atoms with E-state index in [-0.39, 0.29) is 6.10 Å². The van der Waals surface area contributed by atoms with Crippen molar-refractivity contribution in [2.45, 2.75) is 25.0 Å². The summed E-state index contributed by atoms with van der Waals surface area (Å²) in [6.07, 6.45) is 2.59. The second-order valence-electron chi connectivity index (χ2n) is 4.14. The first kappa shape index (κ1) is 13.8. The van der Waals surface area contributed by atoms with Crippen molar-refractivity contribution in [1.82, 2.24) is 0 Å². The molecule has 4 heteroatoms. The third-order valence-corrected chi connectivity index (χ3v) is 4.24.